The number of nitrogens with zero attached hydrogens (tertiary/aromatic N) is 1. The van der Waals surface area contributed by atoms with Crippen LogP contribution in [0, 0.1) is 0 Å². The first-order valence-corrected chi connectivity index (χ1v) is 15.8. The van der Waals surface area contributed by atoms with Crippen LogP contribution in [0.15, 0.2) is 0 Å². The minimum Gasteiger partial charge on any atom is -0.756 e. The number of unbranched alkanes of at least 4 members (excludes halogenated alkanes) is 12. The van der Waals surface area contributed by atoms with E-state index in [-0.39, 0.29) is 18.6 Å². The molecule has 1 fully saturated rings. The molecule has 0 heterocycles. The highest BCUT2D eigenvalue weighted by molar-refractivity contribution is 7.45. The van der Waals surface area contributed by atoms with Crippen LogP contribution in [0.5, 0.6) is 0 Å². The molecule has 0 saturated heterocycles. The van der Waals surface area contributed by atoms with Crippen LogP contribution in [-0.2, 0) is 18.4 Å². The summed E-state index contributed by atoms with van der Waals surface area (Å²) in [6.07, 6.45) is 19.8. The van der Waals surface area contributed by atoms with Gasteiger partial charge in [-0.3, -0.25) is 9.36 Å². The Balaban J connectivity index is 2.06. The quantitative estimate of drug-likeness (QED) is 0.113. The van der Waals surface area contributed by atoms with Gasteiger partial charge in [0.2, 0.25) is 5.91 Å². The van der Waals surface area contributed by atoms with E-state index in [9.17, 15) is 14.3 Å². The molecule has 1 aliphatic carbocycles. The van der Waals surface area contributed by atoms with Gasteiger partial charge in [-0.05, 0) is 32.1 Å². The van der Waals surface area contributed by atoms with Gasteiger partial charge in [0.1, 0.15) is 13.2 Å². The molecule has 0 radical (unpaired) electrons. The van der Waals surface area contributed by atoms with Crippen LogP contribution in [0.2, 0.25) is 0 Å². The topological polar surface area (TPSA) is 87.7 Å². The average molecular weight is 519 g/mol. The Morgan fingerprint density at radius 1 is 0.914 bits per heavy atom. The van der Waals surface area contributed by atoms with Gasteiger partial charge in [0, 0.05) is 12.5 Å². The van der Waals surface area contributed by atoms with E-state index < -0.39 is 13.9 Å². The maximum atomic E-state index is 12.3. The van der Waals surface area contributed by atoms with E-state index in [4.69, 9.17) is 9.05 Å². The Morgan fingerprint density at radius 2 is 1.46 bits per heavy atom. The monoisotopic (exact) mass is 518 g/mol. The SMILES string of the molecule is CCCCCCCCCCCCCCCC(=O)N[C@H]1CCC[C@H](OP(=O)([O-])OCC[N+](C)(C)C)C1. The Hall–Kier alpha value is -0.460. The van der Waals surface area contributed by atoms with Crippen LogP contribution in [-0.4, -0.2) is 56.8 Å². The predicted octanol–water partition coefficient (Wildman–Crippen LogP) is 6.10. The number of phosphoric ester groups is 1. The minimum absolute atomic E-state index is 0.0190. The van der Waals surface area contributed by atoms with Crippen molar-refractivity contribution in [3.63, 3.8) is 0 Å². The van der Waals surface area contributed by atoms with Crippen molar-refractivity contribution in [1.82, 2.24) is 5.32 Å². The first-order valence-electron chi connectivity index (χ1n) is 14.3. The fourth-order valence-electron chi connectivity index (χ4n) is 4.61. The number of likely N-dealkylation sites (N-methyl/N-ethyl adjacent to an activating group) is 1. The van der Waals surface area contributed by atoms with E-state index in [1.807, 2.05) is 21.1 Å². The number of nitrogens with one attached hydrogen (secondary N) is 1. The lowest BCUT2D eigenvalue weighted by molar-refractivity contribution is -0.870. The van der Waals surface area contributed by atoms with Crippen LogP contribution < -0.4 is 10.2 Å². The normalized spacial score (nSPS) is 20.5. The zero-order valence-electron chi connectivity index (χ0n) is 23.2. The van der Waals surface area contributed by atoms with Crippen molar-refractivity contribution in [2.75, 3.05) is 34.3 Å². The maximum Gasteiger partial charge on any atom is 0.268 e. The number of hydrogen-bond donors (Lipinski definition) is 1. The van der Waals surface area contributed by atoms with Gasteiger partial charge in [0.25, 0.3) is 7.82 Å². The van der Waals surface area contributed by atoms with E-state index in [0.717, 1.165) is 25.7 Å². The van der Waals surface area contributed by atoms with Crippen molar-refractivity contribution >= 4 is 13.7 Å². The summed E-state index contributed by atoms with van der Waals surface area (Å²) in [5.41, 5.74) is 0. The smallest absolute Gasteiger partial charge is 0.268 e. The summed E-state index contributed by atoms with van der Waals surface area (Å²) in [4.78, 5) is 24.5. The molecule has 0 bridgehead atoms. The van der Waals surface area contributed by atoms with Crippen molar-refractivity contribution in [2.45, 2.75) is 135 Å². The first-order chi connectivity index (χ1) is 16.6. The molecule has 0 aliphatic heterocycles. The molecule has 0 aromatic carbocycles. The largest absolute Gasteiger partial charge is 0.756 e. The molecule has 8 heteroatoms. The van der Waals surface area contributed by atoms with Crippen LogP contribution in [0.3, 0.4) is 0 Å². The molecule has 35 heavy (non-hydrogen) atoms. The van der Waals surface area contributed by atoms with Gasteiger partial charge in [0.05, 0.1) is 27.2 Å². The second-order valence-corrected chi connectivity index (χ2v) is 12.8. The average Bonchev–Trinajstić information content (AvgIpc) is 2.75. The van der Waals surface area contributed by atoms with Gasteiger partial charge < -0.3 is 23.7 Å². The van der Waals surface area contributed by atoms with E-state index >= 15 is 0 Å². The van der Waals surface area contributed by atoms with E-state index in [2.05, 4.69) is 12.2 Å². The Labute approximate surface area is 215 Å². The predicted molar refractivity (Wildman–Crippen MR) is 142 cm³/mol. The van der Waals surface area contributed by atoms with Crippen LogP contribution in [0.1, 0.15) is 122 Å². The number of phosphoric acid groups is 1. The molecule has 1 rings (SSSR count). The second-order valence-electron chi connectivity index (χ2n) is 11.4. The molecule has 3 atom stereocenters. The fraction of sp³-hybridized carbons (Fsp3) is 0.963. The minimum atomic E-state index is -4.32. The van der Waals surface area contributed by atoms with Gasteiger partial charge in [0.15, 0.2) is 0 Å². The molecule has 208 valence electrons. The Bertz CT molecular complexity index is 597. The van der Waals surface area contributed by atoms with Crippen LogP contribution >= 0.6 is 7.82 Å². The van der Waals surface area contributed by atoms with Crippen molar-refractivity contribution in [3.05, 3.63) is 0 Å². The third-order valence-electron chi connectivity index (χ3n) is 6.79. The molecular formula is C27H55N2O5P. The summed E-state index contributed by atoms with van der Waals surface area (Å²) in [6.45, 7) is 2.95. The molecule has 0 aromatic rings. The number of carbonyl (C=O) groups is 1. The number of carbonyl (C=O) groups excluding carboxylic acids is 1. The lowest BCUT2D eigenvalue weighted by atomic mass is 9.93. The molecule has 0 aromatic heterocycles. The zero-order chi connectivity index (χ0) is 26.0. The third-order valence-corrected chi connectivity index (χ3v) is 7.84. The number of amides is 1. The fourth-order valence-corrected chi connectivity index (χ4v) is 5.54. The van der Waals surface area contributed by atoms with E-state index in [1.54, 1.807) is 0 Å². The molecule has 1 amide bonds. The molecule has 1 unspecified atom stereocenters. The number of hydrogen-bond acceptors (Lipinski definition) is 5. The second kappa shape index (κ2) is 18.7. The lowest BCUT2D eigenvalue weighted by Crippen LogP contribution is -2.40. The van der Waals surface area contributed by atoms with Gasteiger partial charge >= 0.3 is 0 Å². The Kier molecular flexibility index (Phi) is 17.4. The standard InChI is InChI=1S/C27H55N2O5P/c1-5-6-7-8-9-10-11-12-13-14-15-16-17-21-27(30)28-25-19-18-20-26(24-25)34-35(31,32)33-23-22-29(2,3)4/h25-26H,5-24H2,1-4H3,(H-,28,30,31,32)/t25-,26-/m0/s1. The highest BCUT2D eigenvalue weighted by Gasteiger charge is 2.27. The van der Waals surface area contributed by atoms with E-state index in [1.165, 1.54) is 70.6 Å². The molecule has 1 aliphatic rings. The molecule has 7 nitrogen and oxygen atoms in total. The molecule has 1 N–H and O–H groups in total. The zero-order valence-corrected chi connectivity index (χ0v) is 24.1. The van der Waals surface area contributed by atoms with Crippen molar-refractivity contribution in [3.8, 4) is 0 Å². The van der Waals surface area contributed by atoms with Gasteiger partial charge in [-0.25, -0.2) is 0 Å². The lowest BCUT2D eigenvalue weighted by Gasteiger charge is -2.34. The molecular weight excluding hydrogens is 463 g/mol. The van der Waals surface area contributed by atoms with Crippen LogP contribution in [0.4, 0.5) is 0 Å². The van der Waals surface area contributed by atoms with Crippen molar-refractivity contribution < 1.29 is 27.8 Å². The summed E-state index contributed by atoms with van der Waals surface area (Å²) < 4.78 is 23.1. The summed E-state index contributed by atoms with van der Waals surface area (Å²) >= 11 is 0. The van der Waals surface area contributed by atoms with Gasteiger partial charge in [-0.2, -0.15) is 0 Å². The summed E-state index contributed by atoms with van der Waals surface area (Å²) in [7, 11) is 1.61. The van der Waals surface area contributed by atoms with Gasteiger partial charge in [-0.1, -0.05) is 84.0 Å². The van der Waals surface area contributed by atoms with Crippen molar-refractivity contribution in [1.29, 1.82) is 0 Å². The third kappa shape index (κ3) is 19.3. The Morgan fingerprint density at radius 3 is 2.00 bits per heavy atom. The first kappa shape index (κ1) is 32.6. The highest BCUT2D eigenvalue weighted by atomic mass is 31.2. The summed E-state index contributed by atoms with van der Waals surface area (Å²) in [5, 5.41) is 3.09. The summed E-state index contributed by atoms with van der Waals surface area (Å²) in [5.74, 6) is 0.0724. The maximum absolute atomic E-state index is 12.3. The van der Waals surface area contributed by atoms with Gasteiger partial charge in [-0.15, -0.1) is 0 Å². The van der Waals surface area contributed by atoms with E-state index in [0.29, 0.717) is 30.3 Å². The van der Waals surface area contributed by atoms with Crippen LogP contribution in [0.25, 0.3) is 0 Å². The number of rotatable bonds is 21. The highest BCUT2D eigenvalue weighted by Crippen LogP contribution is 2.42. The summed E-state index contributed by atoms with van der Waals surface area (Å²) in [6, 6.07) is -0.0190. The molecule has 1 saturated carbocycles. The number of quaternary nitrogens is 1. The molecule has 0 spiro atoms. The van der Waals surface area contributed by atoms with Crippen molar-refractivity contribution in [2.24, 2.45) is 0 Å².